The monoisotopic (exact) mass is 336 g/mol. The van der Waals surface area contributed by atoms with Crippen LogP contribution in [0.4, 0.5) is 0 Å². The van der Waals surface area contributed by atoms with Gasteiger partial charge in [0.2, 0.25) is 0 Å². The molecule has 1 amide bonds. The standard InChI is InChI=1S/C21H24N2O2/c1-19(2)12-21(10-16(11-22)17(19)24)13-20(3,4)23(14-21)18(25)15-8-6-5-7-9-15/h5-10H,12-14H2,1-4H3/t21-/m1/s1. The molecule has 1 atom stereocenters. The highest BCUT2D eigenvalue weighted by molar-refractivity contribution is 6.04. The Morgan fingerprint density at radius 1 is 1.12 bits per heavy atom. The molecule has 1 aliphatic heterocycles. The van der Waals surface area contributed by atoms with Gasteiger partial charge in [0.25, 0.3) is 5.91 Å². The predicted molar refractivity (Wildman–Crippen MR) is 95.7 cm³/mol. The summed E-state index contributed by atoms with van der Waals surface area (Å²) >= 11 is 0. The summed E-state index contributed by atoms with van der Waals surface area (Å²) in [5, 5.41) is 9.40. The first-order valence-corrected chi connectivity index (χ1v) is 8.65. The minimum absolute atomic E-state index is 0.00379. The predicted octanol–water partition coefficient (Wildman–Crippen LogP) is 3.75. The molecule has 2 aliphatic rings. The van der Waals surface area contributed by atoms with E-state index in [9.17, 15) is 14.9 Å². The minimum Gasteiger partial charge on any atom is -0.333 e. The van der Waals surface area contributed by atoms with Crippen molar-refractivity contribution in [1.82, 2.24) is 4.90 Å². The maximum atomic E-state index is 13.0. The van der Waals surface area contributed by atoms with Crippen molar-refractivity contribution in [1.29, 1.82) is 5.26 Å². The Labute approximate surface area is 149 Å². The summed E-state index contributed by atoms with van der Waals surface area (Å²) in [5.74, 6) is -0.0876. The van der Waals surface area contributed by atoms with E-state index in [1.54, 1.807) is 0 Å². The van der Waals surface area contributed by atoms with Gasteiger partial charge in [0.05, 0.1) is 5.57 Å². The number of carbonyl (C=O) groups excluding carboxylic acids is 2. The number of hydrogen-bond donors (Lipinski definition) is 0. The first-order chi connectivity index (χ1) is 11.6. The average molecular weight is 336 g/mol. The van der Waals surface area contributed by atoms with Gasteiger partial charge >= 0.3 is 0 Å². The van der Waals surface area contributed by atoms with Gasteiger partial charge in [0, 0.05) is 28.5 Å². The van der Waals surface area contributed by atoms with Gasteiger partial charge in [-0.3, -0.25) is 9.59 Å². The fraction of sp³-hybridized carbons (Fsp3) is 0.476. The molecular formula is C21H24N2O2. The summed E-state index contributed by atoms with van der Waals surface area (Å²) in [6.07, 6.45) is 3.24. The summed E-state index contributed by atoms with van der Waals surface area (Å²) in [5.41, 5.74) is -0.331. The Balaban J connectivity index is 2.00. The van der Waals surface area contributed by atoms with E-state index >= 15 is 0 Å². The van der Waals surface area contributed by atoms with Crippen molar-refractivity contribution >= 4 is 11.7 Å². The van der Waals surface area contributed by atoms with Gasteiger partial charge in [0.1, 0.15) is 6.07 Å². The number of nitrogens with zero attached hydrogens (tertiary/aromatic N) is 2. The average Bonchev–Trinajstić information content (AvgIpc) is 2.81. The molecule has 1 aromatic carbocycles. The Bertz CT molecular complexity index is 799. The number of nitriles is 1. The normalized spacial score (nSPS) is 27.1. The van der Waals surface area contributed by atoms with E-state index in [4.69, 9.17) is 0 Å². The number of carbonyl (C=O) groups is 2. The van der Waals surface area contributed by atoms with Crippen LogP contribution in [0, 0.1) is 22.2 Å². The molecule has 1 fully saturated rings. The van der Waals surface area contributed by atoms with Crippen LogP contribution in [-0.4, -0.2) is 28.7 Å². The zero-order valence-corrected chi connectivity index (χ0v) is 15.3. The van der Waals surface area contributed by atoms with Crippen molar-refractivity contribution in [3.63, 3.8) is 0 Å². The molecular weight excluding hydrogens is 312 g/mol. The van der Waals surface area contributed by atoms with E-state index in [1.165, 1.54) is 0 Å². The number of likely N-dealkylation sites (tertiary alicyclic amines) is 1. The molecule has 0 radical (unpaired) electrons. The molecule has 130 valence electrons. The van der Waals surface area contributed by atoms with E-state index in [-0.39, 0.29) is 28.2 Å². The van der Waals surface area contributed by atoms with E-state index in [1.807, 2.05) is 55.2 Å². The summed E-state index contributed by atoms with van der Waals surface area (Å²) in [7, 11) is 0. The quantitative estimate of drug-likeness (QED) is 0.785. The first kappa shape index (κ1) is 17.4. The van der Waals surface area contributed by atoms with E-state index < -0.39 is 5.41 Å². The third-order valence-corrected chi connectivity index (χ3v) is 5.48. The molecule has 4 heteroatoms. The lowest BCUT2D eigenvalue weighted by atomic mass is 9.63. The molecule has 1 saturated heterocycles. The zero-order valence-electron chi connectivity index (χ0n) is 15.3. The minimum atomic E-state index is -0.582. The van der Waals surface area contributed by atoms with Gasteiger partial charge in [-0.1, -0.05) is 38.1 Å². The van der Waals surface area contributed by atoms with Gasteiger partial charge in [-0.25, -0.2) is 0 Å². The number of amides is 1. The highest BCUT2D eigenvalue weighted by Crippen LogP contribution is 2.52. The highest BCUT2D eigenvalue weighted by atomic mass is 16.2. The summed E-state index contributed by atoms with van der Waals surface area (Å²) in [6.45, 7) is 8.46. The maximum Gasteiger partial charge on any atom is 0.254 e. The lowest BCUT2D eigenvalue weighted by Crippen LogP contribution is -2.43. The number of allylic oxidation sites excluding steroid dienone is 1. The van der Waals surface area contributed by atoms with Gasteiger partial charge in [0.15, 0.2) is 5.78 Å². The fourth-order valence-electron chi connectivity index (χ4n) is 4.67. The van der Waals surface area contributed by atoms with Gasteiger partial charge in [-0.15, -0.1) is 0 Å². The van der Waals surface area contributed by atoms with Gasteiger partial charge < -0.3 is 4.90 Å². The summed E-state index contributed by atoms with van der Waals surface area (Å²) < 4.78 is 0. The van der Waals surface area contributed by atoms with Crippen molar-refractivity contribution in [2.24, 2.45) is 10.8 Å². The Kier molecular flexibility index (Phi) is 3.87. The maximum absolute atomic E-state index is 13.0. The molecule has 25 heavy (non-hydrogen) atoms. The second-order valence-corrected chi connectivity index (χ2v) is 8.67. The van der Waals surface area contributed by atoms with Crippen LogP contribution in [-0.2, 0) is 4.79 Å². The van der Waals surface area contributed by atoms with Crippen LogP contribution in [0.5, 0.6) is 0 Å². The number of benzene rings is 1. The van der Waals surface area contributed by atoms with Crippen LogP contribution in [0.15, 0.2) is 42.0 Å². The molecule has 1 aliphatic carbocycles. The third kappa shape index (κ3) is 2.89. The lowest BCUT2D eigenvalue weighted by molar-refractivity contribution is -0.125. The van der Waals surface area contributed by atoms with Crippen molar-refractivity contribution in [2.45, 2.75) is 46.1 Å². The topological polar surface area (TPSA) is 61.2 Å². The molecule has 0 saturated carbocycles. The van der Waals surface area contributed by atoms with Crippen LogP contribution in [0.2, 0.25) is 0 Å². The SMILES string of the molecule is CC1(C)C[C@@]2(C=C(C#N)C1=O)CN(C(=O)c1ccccc1)C(C)(C)C2. The van der Waals surface area contributed by atoms with Crippen LogP contribution < -0.4 is 0 Å². The molecule has 3 rings (SSSR count). The van der Waals surface area contributed by atoms with Crippen LogP contribution in [0.3, 0.4) is 0 Å². The van der Waals surface area contributed by atoms with Crippen LogP contribution >= 0.6 is 0 Å². The highest BCUT2D eigenvalue weighted by Gasteiger charge is 2.54. The Hall–Kier alpha value is -2.41. The third-order valence-electron chi connectivity index (χ3n) is 5.48. The molecule has 1 aromatic rings. The number of hydrogen-bond acceptors (Lipinski definition) is 3. The lowest BCUT2D eigenvalue weighted by Gasteiger charge is -2.38. The summed E-state index contributed by atoms with van der Waals surface area (Å²) in [4.78, 5) is 27.4. The van der Waals surface area contributed by atoms with Crippen molar-refractivity contribution < 1.29 is 9.59 Å². The Morgan fingerprint density at radius 3 is 2.36 bits per heavy atom. The fourth-order valence-corrected chi connectivity index (χ4v) is 4.67. The van der Waals surface area contributed by atoms with Gasteiger partial charge in [-0.05, 0) is 38.8 Å². The molecule has 0 aromatic heterocycles. The smallest absolute Gasteiger partial charge is 0.254 e. The second kappa shape index (κ2) is 5.56. The number of rotatable bonds is 1. The zero-order chi connectivity index (χ0) is 18.5. The van der Waals surface area contributed by atoms with Crippen molar-refractivity contribution in [3.05, 3.63) is 47.5 Å². The molecule has 1 heterocycles. The molecule has 0 unspecified atom stereocenters. The molecule has 1 spiro atoms. The van der Waals surface area contributed by atoms with Crippen LogP contribution in [0.25, 0.3) is 0 Å². The number of Topliss-reactive ketones (excluding diaryl/α,β-unsaturated/α-hetero) is 1. The summed E-state index contributed by atoms with van der Waals surface area (Å²) in [6, 6.07) is 11.3. The van der Waals surface area contributed by atoms with Crippen molar-refractivity contribution in [2.75, 3.05) is 6.54 Å². The van der Waals surface area contributed by atoms with Gasteiger partial charge in [-0.2, -0.15) is 5.26 Å². The van der Waals surface area contributed by atoms with E-state index in [2.05, 4.69) is 19.9 Å². The van der Waals surface area contributed by atoms with Crippen molar-refractivity contribution in [3.8, 4) is 6.07 Å². The van der Waals surface area contributed by atoms with E-state index in [0.29, 0.717) is 18.5 Å². The van der Waals surface area contributed by atoms with Crippen LogP contribution in [0.1, 0.15) is 50.9 Å². The molecule has 4 nitrogen and oxygen atoms in total. The first-order valence-electron chi connectivity index (χ1n) is 8.65. The molecule has 0 bridgehead atoms. The van der Waals surface area contributed by atoms with E-state index in [0.717, 1.165) is 6.42 Å². The number of ketones is 1. The second-order valence-electron chi connectivity index (χ2n) is 8.67. The Morgan fingerprint density at radius 2 is 1.76 bits per heavy atom. The largest absolute Gasteiger partial charge is 0.333 e. The molecule has 0 N–H and O–H groups in total.